The minimum atomic E-state index is -0.680. The summed E-state index contributed by atoms with van der Waals surface area (Å²) in [4.78, 5) is 31.8. The summed E-state index contributed by atoms with van der Waals surface area (Å²) in [6.07, 6.45) is 3.34. The third-order valence-corrected chi connectivity index (χ3v) is 5.66. The molecule has 0 radical (unpaired) electrons. The van der Waals surface area contributed by atoms with Crippen LogP contribution in [0.4, 0.5) is 0 Å². The number of likely N-dealkylation sites (tertiary alicyclic amines) is 1. The van der Waals surface area contributed by atoms with Gasteiger partial charge in [0.15, 0.2) is 0 Å². The topological polar surface area (TPSA) is 70.5 Å². The fourth-order valence-electron chi connectivity index (χ4n) is 3.96. The Morgan fingerprint density at radius 1 is 1.00 bits per heavy atom. The van der Waals surface area contributed by atoms with Crippen LogP contribution in [0.3, 0.4) is 0 Å². The molecular formula is C26H24N2O3. The Morgan fingerprint density at radius 2 is 1.71 bits per heavy atom. The zero-order chi connectivity index (χ0) is 22.1. The number of hydrogen-bond acceptors (Lipinski definition) is 4. The fourth-order valence-corrected chi connectivity index (χ4v) is 3.96. The molecule has 31 heavy (non-hydrogen) atoms. The first-order valence-corrected chi connectivity index (χ1v) is 10.2. The molecule has 1 aliphatic heterocycles. The summed E-state index contributed by atoms with van der Waals surface area (Å²) >= 11 is 0. The number of ketones is 1. The average Bonchev–Trinajstić information content (AvgIpc) is 3.01. The van der Waals surface area contributed by atoms with Gasteiger partial charge in [-0.3, -0.25) is 14.6 Å². The maximum atomic E-state index is 13.1. The number of hydrogen-bond donors (Lipinski definition) is 1. The molecule has 1 amide bonds. The molecule has 2 heterocycles. The van der Waals surface area contributed by atoms with Gasteiger partial charge in [-0.25, -0.2) is 0 Å². The summed E-state index contributed by atoms with van der Waals surface area (Å²) < 4.78 is 0. The standard InChI is InChI=1S/C26H24N2O3/c1-16-7-10-20(11-8-16)23-22(24(29)21-13-17(2)6-9-18(21)3)25(30)26(31)28(23)15-19-5-4-12-27-14-19/h4-14,23,29H,15H2,1-3H3. The Morgan fingerprint density at radius 3 is 2.39 bits per heavy atom. The van der Waals surface area contributed by atoms with Gasteiger partial charge >= 0.3 is 0 Å². The van der Waals surface area contributed by atoms with Gasteiger partial charge in [0.1, 0.15) is 5.76 Å². The average molecular weight is 412 g/mol. The number of benzene rings is 2. The largest absolute Gasteiger partial charge is 0.507 e. The second-order valence-corrected chi connectivity index (χ2v) is 8.02. The van der Waals surface area contributed by atoms with E-state index in [-0.39, 0.29) is 17.9 Å². The summed E-state index contributed by atoms with van der Waals surface area (Å²) in [6.45, 7) is 6.00. The number of rotatable bonds is 4. The molecule has 1 saturated heterocycles. The number of Topliss-reactive ketones (excluding diaryl/α,β-unsaturated/α-hetero) is 1. The lowest BCUT2D eigenvalue weighted by Gasteiger charge is -2.25. The maximum absolute atomic E-state index is 13.1. The van der Waals surface area contributed by atoms with Gasteiger partial charge in [0.05, 0.1) is 11.6 Å². The Hall–Kier alpha value is -3.73. The van der Waals surface area contributed by atoms with E-state index >= 15 is 0 Å². The SMILES string of the molecule is Cc1ccc(C2C(=C(O)c3cc(C)ccc3C)C(=O)C(=O)N2Cc2cccnc2)cc1. The lowest BCUT2D eigenvalue weighted by atomic mass is 9.93. The molecule has 2 aromatic carbocycles. The number of aromatic nitrogens is 1. The quantitative estimate of drug-likeness (QED) is 0.385. The molecule has 0 spiro atoms. The minimum absolute atomic E-state index is 0.117. The second-order valence-electron chi connectivity index (χ2n) is 8.02. The molecule has 0 bridgehead atoms. The Kier molecular flexibility index (Phi) is 5.42. The number of aliphatic hydroxyl groups is 1. The first-order chi connectivity index (χ1) is 14.9. The number of pyridine rings is 1. The van der Waals surface area contributed by atoms with Crippen molar-refractivity contribution in [3.63, 3.8) is 0 Å². The number of carbonyl (C=O) groups excluding carboxylic acids is 2. The van der Waals surface area contributed by atoms with E-state index in [1.54, 1.807) is 18.5 Å². The molecule has 1 unspecified atom stereocenters. The van der Waals surface area contributed by atoms with E-state index in [2.05, 4.69) is 4.98 Å². The van der Waals surface area contributed by atoms with Crippen molar-refractivity contribution in [1.82, 2.24) is 9.88 Å². The van der Waals surface area contributed by atoms with Gasteiger partial charge in [-0.1, -0.05) is 53.6 Å². The van der Waals surface area contributed by atoms with Crippen molar-refractivity contribution < 1.29 is 14.7 Å². The summed E-state index contributed by atoms with van der Waals surface area (Å²) in [5, 5.41) is 11.3. The van der Waals surface area contributed by atoms with E-state index in [0.29, 0.717) is 5.56 Å². The van der Waals surface area contributed by atoms with Crippen LogP contribution in [-0.4, -0.2) is 26.7 Å². The maximum Gasteiger partial charge on any atom is 0.295 e. The third kappa shape index (κ3) is 3.87. The van der Waals surface area contributed by atoms with Crippen molar-refractivity contribution in [2.24, 2.45) is 0 Å². The van der Waals surface area contributed by atoms with E-state index < -0.39 is 17.7 Å². The number of aliphatic hydroxyl groups excluding tert-OH is 1. The van der Waals surface area contributed by atoms with E-state index in [0.717, 1.165) is 27.8 Å². The highest BCUT2D eigenvalue weighted by Gasteiger charge is 2.46. The third-order valence-electron chi connectivity index (χ3n) is 5.66. The fraction of sp³-hybridized carbons (Fsp3) is 0.192. The molecule has 4 rings (SSSR count). The first kappa shape index (κ1) is 20.5. The molecule has 5 heteroatoms. The number of carbonyl (C=O) groups is 2. The van der Waals surface area contributed by atoms with Crippen LogP contribution >= 0.6 is 0 Å². The highest BCUT2D eigenvalue weighted by atomic mass is 16.3. The minimum Gasteiger partial charge on any atom is -0.507 e. The zero-order valence-corrected chi connectivity index (χ0v) is 17.8. The van der Waals surface area contributed by atoms with Gasteiger partial charge in [0, 0.05) is 24.5 Å². The van der Waals surface area contributed by atoms with Gasteiger partial charge in [-0.05, 0) is 49.6 Å². The van der Waals surface area contributed by atoms with E-state index in [9.17, 15) is 14.7 Å². The molecule has 5 nitrogen and oxygen atoms in total. The first-order valence-electron chi connectivity index (χ1n) is 10.2. The molecule has 1 atom stereocenters. The van der Waals surface area contributed by atoms with Crippen molar-refractivity contribution >= 4 is 17.4 Å². The lowest BCUT2D eigenvalue weighted by Crippen LogP contribution is -2.29. The van der Waals surface area contributed by atoms with Crippen molar-refractivity contribution in [1.29, 1.82) is 0 Å². The van der Waals surface area contributed by atoms with Crippen LogP contribution in [0.2, 0.25) is 0 Å². The zero-order valence-electron chi connectivity index (χ0n) is 17.8. The molecule has 1 aliphatic rings. The van der Waals surface area contributed by atoms with Crippen LogP contribution in [-0.2, 0) is 16.1 Å². The Bertz CT molecular complexity index is 1180. The van der Waals surface area contributed by atoms with E-state index in [1.807, 2.05) is 69.3 Å². The van der Waals surface area contributed by atoms with Gasteiger partial charge in [0.25, 0.3) is 11.7 Å². The van der Waals surface area contributed by atoms with E-state index in [1.165, 1.54) is 4.90 Å². The number of nitrogens with zero attached hydrogens (tertiary/aromatic N) is 2. The highest BCUT2D eigenvalue weighted by Crippen LogP contribution is 2.40. The molecule has 1 aromatic heterocycles. The molecule has 0 saturated carbocycles. The molecule has 1 fully saturated rings. The van der Waals surface area contributed by atoms with Gasteiger partial charge in [-0.15, -0.1) is 0 Å². The molecule has 3 aromatic rings. The Balaban J connectivity index is 1.90. The second kappa shape index (κ2) is 8.19. The van der Waals surface area contributed by atoms with Gasteiger partial charge < -0.3 is 10.0 Å². The summed E-state index contributed by atoms with van der Waals surface area (Å²) in [6, 6.07) is 16.4. The monoisotopic (exact) mass is 412 g/mol. The summed E-state index contributed by atoms with van der Waals surface area (Å²) in [5.41, 5.74) is 5.15. The molecule has 156 valence electrons. The van der Waals surface area contributed by atoms with Crippen molar-refractivity contribution in [3.05, 3.63) is 106 Å². The Labute approximate surface area is 181 Å². The van der Waals surface area contributed by atoms with Crippen LogP contribution in [0.1, 0.15) is 39.4 Å². The predicted molar refractivity (Wildman–Crippen MR) is 119 cm³/mol. The van der Waals surface area contributed by atoms with Crippen molar-refractivity contribution in [2.45, 2.75) is 33.4 Å². The van der Waals surface area contributed by atoms with Gasteiger partial charge in [0.2, 0.25) is 0 Å². The molecule has 1 N–H and O–H groups in total. The predicted octanol–water partition coefficient (Wildman–Crippen LogP) is 4.63. The van der Waals surface area contributed by atoms with Gasteiger partial charge in [-0.2, -0.15) is 0 Å². The van der Waals surface area contributed by atoms with Crippen molar-refractivity contribution in [3.8, 4) is 0 Å². The lowest BCUT2D eigenvalue weighted by molar-refractivity contribution is -0.140. The van der Waals surface area contributed by atoms with Crippen LogP contribution in [0, 0.1) is 20.8 Å². The van der Waals surface area contributed by atoms with Crippen LogP contribution in [0.25, 0.3) is 5.76 Å². The van der Waals surface area contributed by atoms with Crippen molar-refractivity contribution in [2.75, 3.05) is 0 Å². The summed E-state index contributed by atoms with van der Waals surface area (Å²) in [5.74, 6) is -1.44. The molecular weight excluding hydrogens is 388 g/mol. The van der Waals surface area contributed by atoms with Crippen LogP contribution in [0.15, 0.2) is 72.6 Å². The summed E-state index contributed by atoms with van der Waals surface area (Å²) in [7, 11) is 0. The normalized spacial score (nSPS) is 17.9. The van der Waals surface area contributed by atoms with E-state index in [4.69, 9.17) is 0 Å². The molecule has 0 aliphatic carbocycles. The highest BCUT2D eigenvalue weighted by molar-refractivity contribution is 6.46. The number of amides is 1. The van der Waals surface area contributed by atoms with Crippen LogP contribution in [0.5, 0.6) is 0 Å². The van der Waals surface area contributed by atoms with Crippen LogP contribution < -0.4 is 0 Å². The smallest absolute Gasteiger partial charge is 0.295 e. The number of aryl methyl sites for hydroxylation is 3.